The highest BCUT2D eigenvalue weighted by Crippen LogP contribution is 2.18. The molecule has 2 N–H and O–H groups in total. The quantitative estimate of drug-likeness (QED) is 0.869. The van der Waals surface area contributed by atoms with E-state index in [0.717, 1.165) is 12.8 Å². The molecular formula is C10H11BrN2O3. The number of furan rings is 1. The summed E-state index contributed by atoms with van der Waals surface area (Å²) in [6.45, 7) is -0.00699. The molecule has 1 aliphatic carbocycles. The molecule has 0 bridgehead atoms. The number of hydrogen-bond acceptors (Lipinski definition) is 3. The van der Waals surface area contributed by atoms with Gasteiger partial charge in [-0.1, -0.05) is 0 Å². The van der Waals surface area contributed by atoms with Crippen molar-refractivity contribution < 1.29 is 14.0 Å². The average molecular weight is 287 g/mol. The lowest BCUT2D eigenvalue weighted by molar-refractivity contribution is -0.120. The molecule has 0 spiro atoms. The van der Waals surface area contributed by atoms with Gasteiger partial charge >= 0.3 is 0 Å². The number of hydrogen-bond donors (Lipinski definition) is 2. The SMILES string of the molecule is O=C(CNC(=O)c1ccoc1Br)NC1CC1. The predicted molar refractivity (Wildman–Crippen MR) is 59.9 cm³/mol. The van der Waals surface area contributed by atoms with Crippen molar-refractivity contribution in [3.63, 3.8) is 0 Å². The molecule has 1 saturated carbocycles. The van der Waals surface area contributed by atoms with Crippen molar-refractivity contribution in [3.8, 4) is 0 Å². The van der Waals surface area contributed by atoms with Crippen LogP contribution in [0.1, 0.15) is 23.2 Å². The van der Waals surface area contributed by atoms with Crippen LogP contribution in [0.2, 0.25) is 0 Å². The van der Waals surface area contributed by atoms with E-state index in [2.05, 4.69) is 26.6 Å². The Kier molecular flexibility index (Phi) is 3.28. The molecule has 0 unspecified atom stereocenters. The van der Waals surface area contributed by atoms with Gasteiger partial charge in [-0.25, -0.2) is 0 Å². The zero-order valence-corrected chi connectivity index (χ0v) is 10.0. The fraction of sp³-hybridized carbons (Fsp3) is 0.400. The Labute approximate surface area is 101 Å². The minimum Gasteiger partial charge on any atom is -0.457 e. The summed E-state index contributed by atoms with van der Waals surface area (Å²) >= 11 is 3.10. The van der Waals surface area contributed by atoms with E-state index >= 15 is 0 Å². The minimum absolute atomic E-state index is 0.00699. The average Bonchev–Trinajstić information content (AvgIpc) is 2.95. The van der Waals surface area contributed by atoms with Crippen LogP contribution in [0.3, 0.4) is 0 Å². The molecule has 16 heavy (non-hydrogen) atoms. The lowest BCUT2D eigenvalue weighted by Crippen LogP contribution is -2.37. The molecule has 1 aromatic rings. The first-order chi connectivity index (χ1) is 7.66. The van der Waals surface area contributed by atoms with E-state index in [1.165, 1.54) is 12.3 Å². The Balaban J connectivity index is 1.79. The summed E-state index contributed by atoms with van der Waals surface area (Å²) < 4.78 is 5.29. The molecule has 1 aromatic heterocycles. The second-order valence-corrected chi connectivity index (χ2v) is 4.35. The first kappa shape index (κ1) is 11.2. The zero-order valence-electron chi connectivity index (χ0n) is 8.46. The van der Waals surface area contributed by atoms with Crippen molar-refractivity contribution in [3.05, 3.63) is 22.6 Å². The molecule has 2 amide bonds. The van der Waals surface area contributed by atoms with E-state index in [-0.39, 0.29) is 18.4 Å². The lowest BCUT2D eigenvalue weighted by Gasteiger charge is -2.04. The molecule has 5 nitrogen and oxygen atoms in total. The maximum atomic E-state index is 11.6. The molecule has 2 rings (SSSR count). The molecule has 86 valence electrons. The maximum absolute atomic E-state index is 11.6. The summed E-state index contributed by atoms with van der Waals surface area (Å²) in [4.78, 5) is 22.8. The molecular weight excluding hydrogens is 276 g/mol. The van der Waals surface area contributed by atoms with Gasteiger partial charge in [0.2, 0.25) is 5.91 Å². The van der Waals surface area contributed by atoms with Gasteiger partial charge in [-0.15, -0.1) is 0 Å². The van der Waals surface area contributed by atoms with Crippen molar-refractivity contribution in [1.29, 1.82) is 0 Å². The monoisotopic (exact) mass is 286 g/mol. The fourth-order valence-electron chi connectivity index (χ4n) is 1.22. The third-order valence-corrected chi connectivity index (χ3v) is 2.83. The number of rotatable bonds is 4. The molecule has 0 aromatic carbocycles. The van der Waals surface area contributed by atoms with Crippen LogP contribution in [0.5, 0.6) is 0 Å². The largest absolute Gasteiger partial charge is 0.457 e. The highest BCUT2D eigenvalue weighted by atomic mass is 79.9. The summed E-state index contributed by atoms with van der Waals surface area (Å²) in [5, 5.41) is 5.30. The first-order valence-corrected chi connectivity index (χ1v) is 5.76. The summed E-state index contributed by atoms with van der Waals surface area (Å²) in [6.07, 6.45) is 3.48. The predicted octanol–water partition coefficient (Wildman–Crippen LogP) is 1.05. The highest BCUT2D eigenvalue weighted by Gasteiger charge is 2.23. The van der Waals surface area contributed by atoms with Crippen LogP contribution in [0.15, 0.2) is 21.4 Å². The maximum Gasteiger partial charge on any atom is 0.256 e. The smallest absolute Gasteiger partial charge is 0.256 e. The van der Waals surface area contributed by atoms with Crippen molar-refractivity contribution in [2.75, 3.05) is 6.54 Å². The van der Waals surface area contributed by atoms with Gasteiger partial charge in [0, 0.05) is 6.04 Å². The summed E-state index contributed by atoms with van der Waals surface area (Å²) in [7, 11) is 0. The van der Waals surface area contributed by atoms with Crippen LogP contribution in [0.4, 0.5) is 0 Å². The Hall–Kier alpha value is -1.30. The van der Waals surface area contributed by atoms with E-state index in [1.807, 2.05) is 0 Å². The van der Waals surface area contributed by atoms with Crippen LogP contribution < -0.4 is 10.6 Å². The standard InChI is InChI=1S/C10H11BrN2O3/c11-9-7(3-4-16-9)10(15)12-5-8(14)13-6-1-2-6/h3-4,6H,1-2,5H2,(H,12,15)(H,13,14). The topological polar surface area (TPSA) is 71.3 Å². The fourth-order valence-corrected chi connectivity index (χ4v) is 1.64. The minimum atomic E-state index is -0.327. The van der Waals surface area contributed by atoms with Crippen LogP contribution in [0.25, 0.3) is 0 Å². The Bertz CT molecular complexity index is 412. The van der Waals surface area contributed by atoms with Crippen molar-refractivity contribution in [1.82, 2.24) is 10.6 Å². The van der Waals surface area contributed by atoms with Gasteiger partial charge in [-0.2, -0.15) is 0 Å². The summed E-state index contributed by atoms with van der Waals surface area (Å²) in [5.74, 6) is -0.484. The molecule has 1 heterocycles. The van der Waals surface area contributed by atoms with Gasteiger partial charge in [-0.3, -0.25) is 9.59 Å². The van der Waals surface area contributed by atoms with E-state index in [1.54, 1.807) is 0 Å². The normalized spacial score (nSPS) is 14.6. The Morgan fingerprint density at radius 1 is 1.50 bits per heavy atom. The van der Waals surface area contributed by atoms with E-state index in [0.29, 0.717) is 16.3 Å². The second-order valence-electron chi connectivity index (χ2n) is 3.63. The number of amides is 2. The van der Waals surface area contributed by atoms with Crippen molar-refractivity contribution >= 4 is 27.7 Å². The summed E-state index contributed by atoms with van der Waals surface area (Å²) in [6, 6.07) is 1.85. The molecule has 0 saturated heterocycles. The van der Waals surface area contributed by atoms with E-state index in [9.17, 15) is 9.59 Å². The van der Waals surface area contributed by atoms with Crippen LogP contribution in [-0.4, -0.2) is 24.4 Å². The highest BCUT2D eigenvalue weighted by molar-refractivity contribution is 9.10. The van der Waals surface area contributed by atoms with Gasteiger partial charge in [0.15, 0.2) is 4.67 Å². The third kappa shape index (κ3) is 2.85. The molecule has 0 atom stereocenters. The Morgan fingerprint density at radius 2 is 2.25 bits per heavy atom. The van der Waals surface area contributed by atoms with Crippen LogP contribution in [0, 0.1) is 0 Å². The van der Waals surface area contributed by atoms with Gasteiger partial charge < -0.3 is 15.1 Å². The molecule has 0 radical (unpaired) electrons. The Morgan fingerprint density at radius 3 is 2.81 bits per heavy atom. The number of halogens is 1. The van der Waals surface area contributed by atoms with Gasteiger partial charge in [-0.05, 0) is 34.8 Å². The van der Waals surface area contributed by atoms with E-state index in [4.69, 9.17) is 4.42 Å². The number of carbonyl (C=O) groups excluding carboxylic acids is 2. The first-order valence-electron chi connectivity index (χ1n) is 4.97. The summed E-state index contributed by atoms with van der Waals surface area (Å²) in [5.41, 5.74) is 0.388. The zero-order chi connectivity index (χ0) is 11.5. The van der Waals surface area contributed by atoms with Gasteiger partial charge in [0.1, 0.15) is 0 Å². The molecule has 0 aliphatic heterocycles. The third-order valence-electron chi connectivity index (χ3n) is 2.21. The van der Waals surface area contributed by atoms with Gasteiger partial charge in [0.25, 0.3) is 5.91 Å². The molecule has 1 aliphatic rings. The van der Waals surface area contributed by atoms with Crippen molar-refractivity contribution in [2.24, 2.45) is 0 Å². The molecule has 6 heteroatoms. The van der Waals surface area contributed by atoms with Crippen LogP contribution >= 0.6 is 15.9 Å². The van der Waals surface area contributed by atoms with Gasteiger partial charge in [0.05, 0.1) is 18.4 Å². The van der Waals surface area contributed by atoms with Crippen LogP contribution in [-0.2, 0) is 4.79 Å². The molecule has 1 fully saturated rings. The second kappa shape index (κ2) is 4.69. The van der Waals surface area contributed by atoms with E-state index < -0.39 is 0 Å². The lowest BCUT2D eigenvalue weighted by atomic mass is 10.3. The van der Waals surface area contributed by atoms with Crippen molar-refractivity contribution in [2.45, 2.75) is 18.9 Å². The number of nitrogens with one attached hydrogen (secondary N) is 2. The number of carbonyl (C=O) groups is 2.